The Morgan fingerprint density at radius 3 is 2.81 bits per heavy atom. The molecule has 1 heteroatoms. The molecule has 2 aliphatic carbocycles. The van der Waals surface area contributed by atoms with Crippen molar-refractivity contribution in [2.75, 3.05) is 0 Å². The van der Waals surface area contributed by atoms with Crippen LogP contribution in [-0.4, -0.2) is 5.78 Å². The van der Waals surface area contributed by atoms with Crippen molar-refractivity contribution in [2.24, 2.45) is 5.92 Å². The van der Waals surface area contributed by atoms with Crippen molar-refractivity contribution in [1.82, 2.24) is 0 Å². The van der Waals surface area contributed by atoms with E-state index in [1.807, 2.05) is 0 Å². The average Bonchev–Trinajstić information content (AvgIpc) is 2.72. The third-order valence-electron chi connectivity index (χ3n) is 4.27. The van der Waals surface area contributed by atoms with Crippen LogP contribution in [0.3, 0.4) is 0 Å². The summed E-state index contributed by atoms with van der Waals surface area (Å²) in [5.41, 5.74) is 3.05. The second-order valence-corrected chi connectivity index (χ2v) is 5.24. The zero-order valence-corrected chi connectivity index (χ0v) is 9.61. The molecule has 2 aliphatic rings. The normalized spacial score (nSPS) is 29.1. The van der Waals surface area contributed by atoms with Crippen LogP contribution in [0.15, 0.2) is 24.3 Å². The maximum Gasteiger partial charge on any atom is 0.133 e. The Morgan fingerprint density at radius 2 is 1.94 bits per heavy atom. The second-order valence-electron chi connectivity index (χ2n) is 5.24. The molecule has 16 heavy (non-hydrogen) atoms. The average molecular weight is 214 g/mol. The van der Waals surface area contributed by atoms with Gasteiger partial charge in [0.05, 0.1) is 0 Å². The van der Waals surface area contributed by atoms with Crippen LogP contribution in [0.25, 0.3) is 0 Å². The molecule has 0 saturated heterocycles. The summed E-state index contributed by atoms with van der Waals surface area (Å²) in [4.78, 5) is 11.5. The standard InChI is InChI=1S/C15H18O/c16-13-6-3-5-12(10-13)15-9-8-11-4-1-2-7-14(11)15/h1-2,4,7,12,15H,3,5-6,8-10H2. The molecule has 84 valence electrons. The van der Waals surface area contributed by atoms with E-state index in [1.165, 1.54) is 30.4 Å². The SMILES string of the molecule is O=C1CCCC(C2CCc3ccccc32)C1. The molecular formula is C15H18O. The first kappa shape index (κ1) is 10.1. The molecule has 0 heterocycles. The fraction of sp³-hybridized carbons (Fsp3) is 0.533. The van der Waals surface area contributed by atoms with E-state index >= 15 is 0 Å². The highest BCUT2D eigenvalue weighted by Gasteiger charge is 2.32. The number of hydrogen-bond donors (Lipinski definition) is 0. The Kier molecular flexibility index (Phi) is 2.55. The minimum Gasteiger partial charge on any atom is -0.300 e. The van der Waals surface area contributed by atoms with Crippen LogP contribution in [0, 0.1) is 5.92 Å². The van der Waals surface area contributed by atoms with Gasteiger partial charge in [0.25, 0.3) is 0 Å². The highest BCUT2D eigenvalue weighted by atomic mass is 16.1. The fourth-order valence-corrected chi connectivity index (χ4v) is 3.48. The Bertz CT molecular complexity index is 408. The van der Waals surface area contributed by atoms with Crippen LogP contribution in [-0.2, 0) is 11.2 Å². The Labute approximate surface area is 96.9 Å². The molecule has 1 fully saturated rings. The fourth-order valence-electron chi connectivity index (χ4n) is 3.48. The number of fused-ring (bicyclic) bond motifs is 1. The lowest BCUT2D eigenvalue weighted by atomic mass is 9.77. The molecule has 0 spiro atoms. The zero-order chi connectivity index (χ0) is 11.0. The summed E-state index contributed by atoms with van der Waals surface area (Å²) in [6.45, 7) is 0. The van der Waals surface area contributed by atoms with Crippen molar-refractivity contribution in [1.29, 1.82) is 0 Å². The van der Waals surface area contributed by atoms with E-state index in [0.717, 1.165) is 19.3 Å². The maximum atomic E-state index is 11.5. The summed E-state index contributed by atoms with van der Waals surface area (Å²) in [7, 11) is 0. The number of aryl methyl sites for hydroxylation is 1. The van der Waals surface area contributed by atoms with Gasteiger partial charge in [-0.05, 0) is 48.6 Å². The van der Waals surface area contributed by atoms with E-state index in [1.54, 1.807) is 0 Å². The van der Waals surface area contributed by atoms with Gasteiger partial charge in [0.15, 0.2) is 0 Å². The number of carbonyl (C=O) groups is 1. The predicted octanol–water partition coefficient (Wildman–Crippen LogP) is 3.48. The van der Waals surface area contributed by atoms with Gasteiger partial charge >= 0.3 is 0 Å². The van der Waals surface area contributed by atoms with E-state index in [-0.39, 0.29) is 0 Å². The highest BCUT2D eigenvalue weighted by Crippen LogP contribution is 2.43. The third-order valence-corrected chi connectivity index (χ3v) is 4.27. The Hall–Kier alpha value is -1.11. The molecule has 0 aliphatic heterocycles. The lowest BCUT2D eigenvalue weighted by Gasteiger charge is -2.27. The van der Waals surface area contributed by atoms with Gasteiger partial charge in [-0.2, -0.15) is 0 Å². The topological polar surface area (TPSA) is 17.1 Å². The molecule has 1 saturated carbocycles. The molecule has 0 aromatic heterocycles. The van der Waals surface area contributed by atoms with E-state index in [9.17, 15) is 4.79 Å². The molecule has 1 aromatic rings. The maximum absolute atomic E-state index is 11.5. The minimum absolute atomic E-state index is 0.487. The van der Waals surface area contributed by atoms with E-state index in [4.69, 9.17) is 0 Å². The molecular weight excluding hydrogens is 196 g/mol. The van der Waals surface area contributed by atoms with Gasteiger partial charge in [0.1, 0.15) is 5.78 Å². The summed E-state index contributed by atoms with van der Waals surface area (Å²) >= 11 is 0. The Balaban J connectivity index is 1.84. The van der Waals surface area contributed by atoms with Crippen LogP contribution >= 0.6 is 0 Å². The van der Waals surface area contributed by atoms with E-state index < -0.39 is 0 Å². The summed E-state index contributed by atoms with van der Waals surface area (Å²) in [5.74, 6) is 1.78. The summed E-state index contributed by atoms with van der Waals surface area (Å²) < 4.78 is 0. The second kappa shape index (κ2) is 4.04. The molecule has 0 bridgehead atoms. The van der Waals surface area contributed by atoms with Gasteiger partial charge in [-0.25, -0.2) is 0 Å². The van der Waals surface area contributed by atoms with Crippen molar-refractivity contribution < 1.29 is 4.79 Å². The van der Waals surface area contributed by atoms with Crippen LogP contribution in [0.4, 0.5) is 0 Å². The van der Waals surface area contributed by atoms with Crippen LogP contribution in [0.1, 0.15) is 49.1 Å². The molecule has 2 atom stereocenters. The monoisotopic (exact) mass is 214 g/mol. The molecule has 3 rings (SSSR count). The number of carbonyl (C=O) groups excluding carboxylic acids is 1. The third kappa shape index (κ3) is 1.68. The van der Waals surface area contributed by atoms with Crippen molar-refractivity contribution >= 4 is 5.78 Å². The van der Waals surface area contributed by atoms with Crippen molar-refractivity contribution in [3.05, 3.63) is 35.4 Å². The minimum atomic E-state index is 0.487. The summed E-state index contributed by atoms with van der Waals surface area (Å²) in [6, 6.07) is 8.79. The Morgan fingerprint density at radius 1 is 1.06 bits per heavy atom. The number of rotatable bonds is 1. The molecule has 1 aromatic carbocycles. The van der Waals surface area contributed by atoms with Gasteiger partial charge in [-0.3, -0.25) is 4.79 Å². The van der Waals surface area contributed by atoms with Gasteiger partial charge in [0, 0.05) is 12.8 Å². The van der Waals surface area contributed by atoms with Crippen LogP contribution in [0.2, 0.25) is 0 Å². The van der Waals surface area contributed by atoms with Gasteiger partial charge in [-0.1, -0.05) is 24.3 Å². The highest BCUT2D eigenvalue weighted by molar-refractivity contribution is 5.79. The number of hydrogen-bond acceptors (Lipinski definition) is 1. The number of benzene rings is 1. The van der Waals surface area contributed by atoms with Gasteiger partial charge < -0.3 is 0 Å². The lowest BCUT2D eigenvalue weighted by molar-refractivity contribution is -0.121. The first-order valence-electron chi connectivity index (χ1n) is 6.44. The van der Waals surface area contributed by atoms with E-state index in [0.29, 0.717) is 17.6 Å². The zero-order valence-electron chi connectivity index (χ0n) is 9.61. The smallest absolute Gasteiger partial charge is 0.133 e. The predicted molar refractivity (Wildman–Crippen MR) is 64.5 cm³/mol. The molecule has 0 amide bonds. The summed E-state index contributed by atoms with van der Waals surface area (Å²) in [5, 5.41) is 0. The van der Waals surface area contributed by atoms with Gasteiger partial charge in [0.2, 0.25) is 0 Å². The van der Waals surface area contributed by atoms with Gasteiger partial charge in [-0.15, -0.1) is 0 Å². The first-order valence-corrected chi connectivity index (χ1v) is 6.44. The summed E-state index contributed by atoms with van der Waals surface area (Å²) in [6.07, 6.45) is 6.50. The van der Waals surface area contributed by atoms with Crippen molar-refractivity contribution in [3.8, 4) is 0 Å². The molecule has 2 unspecified atom stereocenters. The van der Waals surface area contributed by atoms with Crippen LogP contribution < -0.4 is 0 Å². The largest absolute Gasteiger partial charge is 0.300 e. The molecule has 0 radical (unpaired) electrons. The molecule has 0 N–H and O–H groups in total. The van der Waals surface area contributed by atoms with E-state index in [2.05, 4.69) is 24.3 Å². The van der Waals surface area contributed by atoms with Crippen molar-refractivity contribution in [2.45, 2.75) is 44.4 Å². The molecule has 1 nitrogen and oxygen atoms in total. The quantitative estimate of drug-likeness (QED) is 0.699. The lowest BCUT2D eigenvalue weighted by Crippen LogP contribution is -2.20. The van der Waals surface area contributed by atoms with Crippen molar-refractivity contribution in [3.63, 3.8) is 0 Å². The first-order chi connectivity index (χ1) is 7.84. The number of ketones is 1. The van der Waals surface area contributed by atoms with Crippen LogP contribution in [0.5, 0.6) is 0 Å². The number of Topliss-reactive ketones (excluding diaryl/α,β-unsaturated/α-hetero) is 1.